The summed E-state index contributed by atoms with van der Waals surface area (Å²) in [6, 6.07) is 13.9. The third-order valence-corrected chi connectivity index (χ3v) is 5.92. The van der Waals surface area contributed by atoms with Crippen molar-refractivity contribution >= 4 is 34.9 Å². The standard InChI is InChI=1S/C18H20BrO2P/c1-4-21-22(16-8-6-5-7-9-16)18(20)17-13(2)10-15(12-19)11-14(17)3/h5-11H,4,12H2,1-3H3. The first-order valence-electron chi connectivity index (χ1n) is 7.27. The highest BCUT2D eigenvalue weighted by Crippen LogP contribution is 2.41. The molecule has 0 bridgehead atoms. The summed E-state index contributed by atoms with van der Waals surface area (Å²) in [6.45, 7) is 6.46. The molecule has 1 atom stereocenters. The first kappa shape index (κ1) is 17.3. The van der Waals surface area contributed by atoms with Crippen LogP contribution in [0.3, 0.4) is 0 Å². The van der Waals surface area contributed by atoms with Gasteiger partial charge >= 0.3 is 0 Å². The molecule has 2 aromatic rings. The summed E-state index contributed by atoms with van der Waals surface area (Å²) in [5, 5.41) is 1.76. The second-order valence-electron chi connectivity index (χ2n) is 5.09. The molecule has 2 nitrogen and oxygen atoms in total. The quantitative estimate of drug-likeness (QED) is 0.516. The smallest absolute Gasteiger partial charge is 0.216 e. The van der Waals surface area contributed by atoms with Crippen LogP contribution in [0, 0.1) is 13.8 Å². The molecule has 0 N–H and O–H groups in total. The maximum Gasteiger partial charge on any atom is 0.216 e. The third kappa shape index (κ3) is 3.84. The SMILES string of the molecule is CCOP(C(=O)c1c(C)cc(CBr)cc1C)c1ccccc1. The molecular weight excluding hydrogens is 359 g/mol. The lowest BCUT2D eigenvalue weighted by Crippen LogP contribution is -2.13. The molecule has 0 saturated carbocycles. The number of carbonyl (C=O) groups excluding carboxylic acids is 1. The molecule has 0 saturated heterocycles. The van der Waals surface area contributed by atoms with Gasteiger partial charge in [-0.15, -0.1) is 0 Å². The van der Waals surface area contributed by atoms with Gasteiger partial charge in [-0.05, 0) is 37.5 Å². The van der Waals surface area contributed by atoms with E-state index in [0.29, 0.717) is 6.61 Å². The van der Waals surface area contributed by atoms with Gasteiger partial charge in [0.2, 0.25) is 5.52 Å². The molecule has 2 aromatic carbocycles. The van der Waals surface area contributed by atoms with E-state index in [-0.39, 0.29) is 5.52 Å². The van der Waals surface area contributed by atoms with Crippen molar-refractivity contribution in [1.82, 2.24) is 0 Å². The third-order valence-electron chi connectivity index (χ3n) is 3.39. The molecule has 4 heteroatoms. The van der Waals surface area contributed by atoms with E-state index in [0.717, 1.165) is 27.3 Å². The van der Waals surface area contributed by atoms with Gasteiger partial charge in [-0.2, -0.15) is 0 Å². The van der Waals surface area contributed by atoms with Crippen molar-refractivity contribution in [3.05, 3.63) is 64.7 Å². The summed E-state index contributed by atoms with van der Waals surface area (Å²) in [5.74, 6) is 0. The van der Waals surface area contributed by atoms with E-state index in [1.807, 2.05) is 51.1 Å². The molecule has 0 aliphatic rings. The molecule has 1 unspecified atom stereocenters. The van der Waals surface area contributed by atoms with E-state index < -0.39 is 8.15 Å². The van der Waals surface area contributed by atoms with Gasteiger partial charge in [0.05, 0.1) is 0 Å². The van der Waals surface area contributed by atoms with Crippen LogP contribution in [0.1, 0.15) is 34.0 Å². The van der Waals surface area contributed by atoms with Crippen molar-refractivity contribution in [1.29, 1.82) is 0 Å². The van der Waals surface area contributed by atoms with Gasteiger partial charge in [0.1, 0.15) is 8.15 Å². The van der Waals surface area contributed by atoms with Crippen LogP contribution in [0.15, 0.2) is 42.5 Å². The van der Waals surface area contributed by atoms with E-state index in [4.69, 9.17) is 4.52 Å². The Hall–Kier alpha value is -1.02. The predicted octanol–water partition coefficient (Wildman–Crippen LogP) is 5.10. The van der Waals surface area contributed by atoms with Gasteiger partial charge in [-0.1, -0.05) is 58.4 Å². The first-order chi connectivity index (χ1) is 10.6. The number of hydrogen-bond acceptors (Lipinski definition) is 2. The average Bonchev–Trinajstić information content (AvgIpc) is 2.52. The number of carbonyl (C=O) groups is 1. The lowest BCUT2D eigenvalue weighted by molar-refractivity contribution is 0.106. The predicted molar refractivity (Wildman–Crippen MR) is 97.5 cm³/mol. The Kier molecular flexibility index (Phi) is 6.31. The second kappa shape index (κ2) is 8.01. The Morgan fingerprint density at radius 2 is 1.73 bits per heavy atom. The summed E-state index contributed by atoms with van der Waals surface area (Å²) in [5.41, 5.74) is 4.12. The molecule has 22 heavy (non-hydrogen) atoms. The van der Waals surface area contributed by atoms with Crippen LogP contribution in [0.25, 0.3) is 0 Å². The highest BCUT2D eigenvalue weighted by atomic mass is 79.9. The van der Waals surface area contributed by atoms with Gasteiger partial charge in [-0.25, -0.2) is 0 Å². The molecule has 0 aliphatic heterocycles. The van der Waals surface area contributed by atoms with Crippen molar-refractivity contribution in [2.24, 2.45) is 0 Å². The van der Waals surface area contributed by atoms with Crippen LogP contribution in [0.4, 0.5) is 0 Å². The van der Waals surface area contributed by atoms with Gasteiger partial charge in [-0.3, -0.25) is 4.79 Å². The Morgan fingerprint density at radius 1 is 1.14 bits per heavy atom. The molecule has 0 fully saturated rings. The number of hydrogen-bond donors (Lipinski definition) is 0. The van der Waals surface area contributed by atoms with Crippen LogP contribution in [0.5, 0.6) is 0 Å². The van der Waals surface area contributed by atoms with E-state index in [2.05, 4.69) is 28.1 Å². The van der Waals surface area contributed by atoms with Gasteiger partial charge in [0.25, 0.3) is 0 Å². The normalized spacial score (nSPS) is 12.2. The number of alkyl halides is 1. The van der Waals surface area contributed by atoms with Gasteiger partial charge < -0.3 is 4.52 Å². The average molecular weight is 379 g/mol. The van der Waals surface area contributed by atoms with Crippen LogP contribution >= 0.6 is 24.1 Å². The first-order valence-corrected chi connectivity index (χ1v) is 9.65. The highest BCUT2D eigenvalue weighted by molar-refractivity contribution is 9.08. The Morgan fingerprint density at radius 3 is 2.23 bits per heavy atom. The van der Waals surface area contributed by atoms with Crippen LogP contribution in [-0.4, -0.2) is 12.1 Å². The highest BCUT2D eigenvalue weighted by Gasteiger charge is 2.25. The second-order valence-corrected chi connectivity index (χ2v) is 7.42. The fourth-order valence-electron chi connectivity index (χ4n) is 2.51. The minimum Gasteiger partial charge on any atom is -0.347 e. The molecule has 0 heterocycles. The maximum atomic E-state index is 13.1. The van der Waals surface area contributed by atoms with E-state index in [1.54, 1.807) is 0 Å². The molecule has 0 radical (unpaired) electrons. The van der Waals surface area contributed by atoms with Gasteiger partial charge in [0.15, 0.2) is 0 Å². The zero-order chi connectivity index (χ0) is 16.1. The summed E-state index contributed by atoms with van der Waals surface area (Å²) in [7, 11) is -1.29. The van der Waals surface area contributed by atoms with Crippen molar-refractivity contribution in [3.63, 3.8) is 0 Å². The monoisotopic (exact) mass is 378 g/mol. The van der Waals surface area contributed by atoms with Gasteiger partial charge in [0, 0.05) is 22.8 Å². The van der Waals surface area contributed by atoms with Crippen LogP contribution in [-0.2, 0) is 9.85 Å². The molecular formula is C18H20BrO2P. The fourth-order valence-corrected chi connectivity index (χ4v) is 4.59. The van der Waals surface area contributed by atoms with Crippen molar-refractivity contribution in [3.8, 4) is 0 Å². The van der Waals surface area contributed by atoms with E-state index in [1.165, 1.54) is 5.56 Å². The van der Waals surface area contributed by atoms with Crippen LogP contribution < -0.4 is 5.30 Å². The van der Waals surface area contributed by atoms with E-state index >= 15 is 0 Å². The lowest BCUT2D eigenvalue weighted by Gasteiger charge is -2.19. The molecule has 0 amide bonds. The minimum absolute atomic E-state index is 0.0965. The minimum atomic E-state index is -1.29. The number of rotatable bonds is 6. The summed E-state index contributed by atoms with van der Waals surface area (Å²) >= 11 is 3.47. The number of benzene rings is 2. The molecule has 0 aromatic heterocycles. The zero-order valence-corrected chi connectivity index (χ0v) is 15.6. The molecule has 0 aliphatic carbocycles. The molecule has 2 rings (SSSR count). The Bertz CT molecular complexity index is 632. The number of halogens is 1. The summed E-state index contributed by atoms with van der Waals surface area (Å²) in [6.07, 6.45) is 0. The zero-order valence-electron chi connectivity index (χ0n) is 13.1. The molecule has 116 valence electrons. The number of aryl methyl sites for hydroxylation is 2. The van der Waals surface area contributed by atoms with Crippen molar-refractivity contribution in [2.75, 3.05) is 6.61 Å². The topological polar surface area (TPSA) is 26.3 Å². The van der Waals surface area contributed by atoms with Crippen LogP contribution in [0.2, 0.25) is 0 Å². The Labute approximate surface area is 141 Å². The van der Waals surface area contributed by atoms with Crippen molar-refractivity contribution < 1.29 is 9.32 Å². The lowest BCUT2D eigenvalue weighted by atomic mass is 10.0. The van der Waals surface area contributed by atoms with E-state index in [9.17, 15) is 4.79 Å². The summed E-state index contributed by atoms with van der Waals surface area (Å²) in [4.78, 5) is 13.1. The largest absolute Gasteiger partial charge is 0.347 e. The maximum absolute atomic E-state index is 13.1. The summed E-state index contributed by atoms with van der Waals surface area (Å²) < 4.78 is 5.82. The van der Waals surface area contributed by atoms with Crippen molar-refractivity contribution in [2.45, 2.75) is 26.1 Å². The molecule has 0 spiro atoms. The Balaban J connectivity index is 2.44. The fraction of sp³-hybridized carbons (Fsp3) is 0.278.